The van der Waals surface area contributed by atoms with Crippen molar-refractivity contribution in [3.05, 3.63) is 58.6 Å². The van der Waals surface area contributed by atoms with Crippen molar-refractivity contribution < 1.29 is 4.74 Å². The van der Waals surface area contributed by atoms with Gasteiger partial charge < -0.3 is 10.1 Å². The van der Waals surface area contributed by atoms with Gasteiger partial charge in [0.15, 0.2) is 0 Å². The highest BCUT2D eigenvalue weighted by Crippen LogP contribution is 2.24. The number of halogens is 1. The summed E-state index contributed by atoms with van der Waals surface area (Å²) in [5.41, 5.74) is 2.30. The zero-order valence-corrected chi connectivity index (χ0v) is 12.1. The minimum Gasteiger partial charge on any atom is -0.497 e. The minimum absolute atomic E-state index is 0.231. The standard InChI is InChI=1S/C15H16BrNO/c1-11(12-5-3-8-15(9-12)18-2)17-14-7-4-6-13(16)10-14/h3-11,17H,1-2H3. The number of ether oxygens (including phenoxy) is 1. The fraction of sp³-hybridized carbons (Fsp3) is 0.200. The highest BCUT2D eigenvalue weighted by Gasteiger charge is 2.06. The second kappa shape index (κ2) is 5.91. The lowest BCUT2D eigenvalue weighted by molar-refractivity contribution is 0.414. The van der Waals surface area contributed by atoms with Gasteiger partial charge in [0.05, 0.1) is 7.11 Å². The monoisotopic (exact) mass is 305 g/mol. The van der Waals surface area contributed by atoms with Crippen LogP contribution in [0.5, 0.6) is 5.75 Å². The molecule has 0 aliphatic heterocycles. The van der Waals surface area contributed by atoms with E-state index in [-0.39, 0.29) is 6.04 Å². The largest absolute Gasteiger partial charge is 0.497 e. The third-order valence-electron chi connectivity index (χ3n) is 2.80. The molecule has 0 aliphatic carbocycles. The Morgan fingerprint density at radius 2 is 1.89 bits per heavy atom. The molecule has 3 heteroatoms. The molecule has 0 spiro atoms. The Hall–Kier alpha value is -1.48. The molecule has 94 valence electrons. The Bertz CT molecular complexity index is 527. The fourth-order valence-corrected chi connectivity index (χ4v) is 2.22. The normalized spacial score (nSPS) is 11.9. The summed E-state index contributed by atoms with van der Waals surface area (Å²) in [4.78, 5) is 0. The van der Waals surface area contributed by atoms with E-state index in [2.05, 4.69) is 52.4 Å². The van der Waals surface area contributed by atoms with Crippen LogP contribution in [0.15, 0.2) is 53.0 Å². The van der Waals surface area contributed by atoms with E-state index >= 15 is 0 Å². The summed E-state index contributed by atoms with van der Waals surface area (Å²) >= 11 is 3.47. The Morgan fingerprint density at radius 3 is 2.61 bits per heavy atom. The number of hydrogen-bond donors (Lipinski definition) is 1. The highest BCUT2D eigenvalue weighted by molar-refractivity contribution is 9.10. The van der Waals surface area contributed by atoms with Gasteiger partial charge in [-0.25, -0.2) is 0 Å². The van der Waals surface area contributed by atoms with Crippen molar-refractivity contribution in [2.75, 3.05) is 12.4 Å². The van der Waals surface area contributed by atoms with Gasteiger partial charge in [0, 0.05) is 16.2 Å². The van der Waals surface area contributed by atoms with Crippen molar-refractivity contribution in [1.29, 1.82) is 0 Å². The molecule has 0 amide bonds. The predicted octanol–water partition coefficient (Wildman–Crippen LogP) is 4.63. The van der Waals surface area contributed by atoms with E-state index < -0.39 is 0 Å². The van der Waals surface area contributed by atoms with Crippen molar-refractivity contribution in [3.8, 4) is 5.75 Å². The van der Waals surface area contributed by atoms with Crippen LogP contribution in [0.1, 0.15) is 18.5 Å². The molecular weight excluding hydrogens is 290 g/mol. The molecule has 0 bridgehead atoms. The Labute approximate surface area is 116 Å². The van der Waals surface area contributed by atoms with Crippen LogP contribution >= 0.6 is 15.9 Å². The summed E-state index contributed by atoms with van der Waals surface area (Å²) in [6.45, 7) is 2.13. The Morgan fingerprint density at radius 1 is 1.11 bits per heavy atom. The SMILES string of the molecule is COc1cccc(C(C)Nc2cccc(Br)c2)c1. The molecule has 1 unspecified atom stereocenters. The van der Waals surface area contributed by atoms with E-state index in [4.69, 9.17) is 4.74 Å². The first-order chi connectivity index (χ1) is 8.69. The van der Waals surface area contributed by atoms with Gasteiger partial charge in [-0.2, -0.15) is 0 Å². The maximum absolute atomic E-state index is 5.24. The predicted molar refractivity (Wildman–Crippen MR) is 79.2 cm³/mol. The van der Waals surface area contributed by atoms with Crippen molar-refractivity contribution in [2.45, 2.75) is 13.0 Å². The zero-order valence-electron chi connectivity index (χ0n) is 10.5. The Balaban J connectivity index is 2.13. The van der Waals surface area contributed by atoms with Crippen molar-refractivity contribution in [1.82, 2.24) is 0 Å². The molecule has 0 radical (unpaired) electrons. The van der Waals surface area contributed by atoms with Crippen LogP contribution in [-0.4, -0.2) is 7.11 Å². The lowest BCUT2D eigenvalue weighted by Crippen LogP contribution is -2.06. The number of rotatable bonds is 4. The van der Waals surface area contributed by atoms with E-state index in [0.717, 1.165) is 15.9 Å². The summed E-state index contributed by atoms with van der Waals surface area (Å²) < 4.78 is 6.31. The summed E-state index contributed by atoms with van der Waals surface area (Å²) in [5.74, 6) is 0.885. The maximum atomic E-state index is 5.24. The van der Waals surface area contributed by atoms with Crippen molar-refractivity contribution in [3.63, 3.8) is 0 Å². The molecule has 0 saturated heterocycles. The average molecular weight is 306 g/mol. The van der Waals surface area contributed by atoms with Crippen molar-refractivity contribution in [2.24, 2.45) is 0 Å². The van der Waals surface area contributed by atoms with Gasteiger partial charge >= 0.3 is 0 Å². The summed E-state index contributed by atoms with van der Waals surface area (Å²) in [6.07, 6.45) is 0. The molecule has 0 saturated carbocycles. The fourth-order valence-electron chi connectivity index (χ4n) is 1.82. The molecule has 0 fully saturated rings. The second-order valence-electron chi connectivity index (χ2n) is 4.15. The van der Waals surface area contributed by atoms with Gasteiger partial charge in [0.2, 0.25) is 0 Å². The first kappa shape index (κ1) is 13.0. The van der Waals surface area contributed by atoms with E-state index in [1.807, 2.05) is 24.3 Å². The van der Waals surface area contributed by atoms with Gasteiger partial charge in [0.25, 0.3) is 0 Å². The van der Waals surface area contributed by atoms with Gasteiger partial charge in [-0.1, -0.05) is 34.1 Å². The van der Waals surface area contributed by atoms with Crippen LogP contribution in [0, 0.1) is 0 Å². The van der Waals surface area contributed by atoms with Crippen LogP contribution in [0.4, 0.5) is 5.69 Å². The summed E-state index contributed by atoms with van der Waals surface area (Å²) in [7, 11) is 1.69. The number of anilines is 1. The molecule has 2 aromatic rings. The van der Waals surface area contributed by atoms with Gasteiger partial charge in [0.1, 0.15) is 5.75 Å². The molecule has 2 nitrogen and oxygen atoms in total. The zero-order chi connectivity index (χ0) is 13.0. The van der Waals surface area contributed by atoms with Crippen LogP contribution in [-0.2, 0) is 0 Å². The highest BCUT2D eigenvalue weighted by atomic mass is 79.9. The van der Waals surface area contributed by atoms with Crippen LogP contribution in [0.2, 0.25) is 0 Å². The molecule has 1 N–H and O–H groups in total. The molecule has 2 aromatic carbocycles. The van der Waals surface area contributed by atoms with E-state index in [1.54, 1.807) is 7.11 Å². The molecule has 18 heavy (non-hydrogen) atoms. The maximum Gasteiger partial charge on any atom is 0.119 e. The number of methoxy groups -OCH3 is 1. The quantitative estimate of drug-likeness (QED) is 0.889. The van der Waals surface area contributed by atoms with Crippen LogP contribution in [0.25, 0.3) is 0 Å². The smallest absolute Gasteiger partial charge is 0.119 e. The lowest BCUT2D eigenvalue weighted by atomic mass is 10.1. The third-order valence-corrected chi connectivity index (χ3v) is 3.29. The lowest BCUT2D eigenvalue weighted by Gasteiger charge is -2.16. The Kier molecular flexibility index (Phi) is 4.26. The molecular formula is C15H16BrNO. The number of benzene rings is 2. The van der Waals surface area contributed by atoms with Crippen LogP contribution < -0.4 is 10.1 Å². The number of nitrogens with one attached hydrogen (secondary N) is 1. The first-order valence-corrected chi connectivity index (χ1v) is 6.64. The molecule has 0 aromatic heterocycles. The topological polar surface area (TPSA) is 21.3 Å². The van der Waals surface area contributed by atoms with E-state index in [0.29, 0.717) is 0 Å². The van der Waals surface area contributed by atoms with Crippen molar-refractivity contribution >= 4 is 21.6 Å². The molecule has 0 heterocycles. The summed E-state index contributed by atoms with van der Waals surface area (Å²) in [6, 6.07) is 16.5. The average Bonchev–Trinajstić information content (AvgIpc) is 2.39. The van der Waals surface area contributed by atoms with Crippen LogP contribution in [0.3, 0.4) is 0 Å². The molecule has 1 atom stereocenters. The van der Waals surface area contributed by atoms with E-state index in [1.165, 1.54) is 5.56 Å². The number of hydrogen-bond acceptors (Lipinski definition) is 2. The second-order valence-corrected chi connectivity index (χ2v) is 5.07. The molecule has 2 rings (SSSR count). The minimum atomic E-state index is 0.231. The first-order valence-electron chi connectivity index (χ1n) is 5.85. The van der Waals surface area contributed by atoms with Gasteiger partial charge in [-0.05, 0) is 42.8 Å². The van der Waals surface area contributed by atoms with Gasteiger partial charge in [-0.15, -0.1) is 0 Å². The molecule has 0 aliphatic rings. The summed E-state index contributed by atoms with van der Waals surface area (Å²) in [5, 5.41) is 3.46. The third kappa shape index (κ3) is 3.26. The van der Waals surface area contributed by atoms with Gasteiger partial charge in [-0.3, -0.25) is 0 Å². The van der Waals surface area contributed by atoms with E-state index in [9.17, 15) is 0 Å².